The van der Waals surface area contributed by atoms with E-state index < -0.39 is 11.8 Å². The molecule has 0 saturated carbocycles. The normalized spacial score (nSPS) is 13.7. The lowest BCUT2D eigenvalue weighted by Gasteiger charge is -2.09. The van der Waals surface area contributed by atoms with Gasteiger partial charge in [0.15, 0.2) is 23.0 Å². The SMILES string of the molecule is O=C(N/N=C\c1cc2c(cc1Br)OCO2)/C(=C\c1ccc2c(c1)OCO2)NC(=O)c1ccccc1. The lowest BCUT2D eigenvalue weighted by molar-refractivity contribution is -0.117. The summed E-state index contributed by atoms with van der Waals surface area (Å²) in [6, 6.07) is 17.3. The maximum absolute atomic E-state index is 13.0. The zero-order chi connectivity index (χ0) is 24.2. The van der Waals surface area contributed by atoms with Crippen LogP contribution in [-0.4, -0.2) is 31.6 Å². The number of carbonyl (C=O) groups is 2. The van der Waals surface area contributed by atoms with E-state index in [-0.39, 0.29) is 19.3 Å². The van der Waals surface area contributed by atoms with Gasteiger partial charge < -0.3 is 24.3 Å². The van der Waals surface area contributed by atoms with E-state index in [1.165, 1.54) is 12.3 Å². The Balaban J connectivity index is 1.37. The third-order valence-electron chi connectivity index (χ3n) is 5.10. The first-order valence-corrected chi connectivity index (χ1v) is 11.3. The molecule has 0 aromatic heterocycles. The highest BCUT2D eigenvalue weighted by Gasteiger charge is 2.18. The summed E-state index contributed by atoms with van der Waals surface area (Å²) < 4.78 is 22.2. The van der Waals surface area contributed by atoms with Gasteiger partial charge in [0.2, 0.25) is 13.6 Å². The highest BCUT2D eigenvalue weighted by atomic mass is 79.9. The number of carbonyl (C=O) groups excluding carboxylic acids is 2. The van der Waals surface area contributed by atoms with E-state index >= 15 is 0 Å². The van der Waals surface area contributed by atoms with Gasteiger partial charge in [0, 0.05) is 15.6 Å². The molecule has 0 saturated heterocycles. The third-order valence-corrected chi connectivity index (χ3v) is 5.78. The van der Waals surface area contributed by atoms with Crippen molar-refractivity contribution >= 4 is 40.0 Å². The van der Waals surface area contributed by atoms with Crippen LogP contribution in [0.5, 0.6) is 23.0 Å². The fraction of sp³-hybridized carbons (Fsp3) is 0.0800. The van der Waals surface area contributed by atoms with Gasteiger partial charge in [-0.1, -0.05) is 24.3 Å². The molecule has 2 N–H and O–H groups in total. The summed E-state index contributed by atoms with van der Waals surface area (Å²) in [5, 5.41) is 6.70. The first-order chi connectivity index (χ1) is 17.1. The number of rotatable bonds is 6. The van der Waals surface area contributed by atoms with Gasteiger partial charge in [-0.25, -0.2) is 5.43 Å². The second kappa shape index (κ2) is 9.90. The van der Waals surface area contributed by atoms with Gasteiger partial charge in [-0.3, -0.25) is 9.59 Å². The van der Waals surface area contributed by atoms with Crippen molar-refractivity contribution in [1.29, 1.82) is 0 Å². The fourth-order valence-electron chi connectivity index (χ4n) is 3.36. The Morgan fingerprint density at radius 1 is 0.857 bits per heavy atom. The number of halogens is 1. The lowest BCUT2D eigenvalue weighted by Crippen LogP contribution is -2.32. The maximum atomic E-state index is 13.0. The van der Waals surface area contributed by atoms with Gasteiger partial charge in [-0.2, -0.15) is 5.10 Å². The minimum absolute atomic E-state index is 0.000351. The molecule has 0 unspecified atom stereocenters. The Kier molecular flexibility index (Phi) is 6.36. The largest absolute Gasteiger partial charge is 0.454 e. The average Bonchev–Trinajstić information content (AvgIpc) is 3.52. The van der Waals surface area contributed by atoms with E-state index in [0.717, 1.165) is 0 Å². The summed E-state index contributed by atoms with van der Waals surface area (Å²) in [5.41, 5.74) is 4.17. The number of benzene rings is 3. The Morgan fingerprint density at radius 3 is 2.31 bits per heavy atom. The monoisotopic (exact) mass is 535 g/mol. The molecule has 9 nitrogen and oxygen atoms in total. The molecule has 3 aromatic carbocycles. The first-order valence-electron chi connectivity index (χ1n) is 10.5. The summed E-state index contributed by atoms with van der Waals surface area (Å²) in [7, 11) is 0. The van der Waals surface area contributed by atoms with Crippen molar-refractivity contribution in [1.82, 2.24) is 10.7 Å². The van der Waals surface area contributed by atoms with Gasteiger partial charge in [-0.15, -0.1) is 0 Å². The number of nitrogens with one attached hydrogen (secondary N) is 2. The van der Waals surface area contributed by atoms with Crippen LogP contribution in [0.25, 0.3) is 6.08 Å². The van der Waals surface area contributed by atoms with Crippen LogP contribution in [0.1, 0.15) is 21.5 Å². The number of hydrazone groups is 1. The van der Waals surface area contributed by atoms with Gasteiger partial charge in [0.25, 0.3) is 11.8 Å². The average molecular weight is 536 g/mol. The van der Waals surface area contributed by atoms with Crippen LogP contribution >= 0.6 is 15.9 Å². The van der Waals surface area contributed by atoms with E-state index in [0.29, 0.717) is 44.2 Å². The Morgan fingerprint density at radius 2 is 1.54 bits per heavy atom. The van der Waals surface area contributed by atoms with Crippen molar-refractivity contribution in [3.05, 3.63) is 87.5 Å². The quantitative estimate of drug-likeness (QED) is 0.282. The minimum Gasteiger partial charge on any atom is -0.454 e. The van der Waals surface area contributed by atoms with Crippen LogP contribution in [0.2, 0.25) is 0 Å². The molecule has 2 aliphatic heterocycles. The third kappa shape index (κ3) is 5.12. The van der Waals surface area contributed by atoms with Crippen molar-refractivity contribution in [2.24, 2.45) is 5.10 Å². The van der Waals surface area contributed by atoms with E-state index in [1.54, 1.807) is 60.7 Å². The zero-order valence-electron chi connectivity index (χ0n) is 18.1. The summed E-state index contributed by atoms with van der Waals surface area (Å²) >= 11 is 3.44. The van der Waals surface area contributed by atoms with Crippen molar-refractivity contribution < 1.29 is 28.5 Å². The molecule has 0 bridgehead atoms. The number of nitrogens with zero attached hydrogens (tertiary/aromatic N) is 1. The smallest absolute Gasteiger partial charge is 0.287 e. The Bertz CT molecular complexity index is 1360. The maximum Gasteiger partial charge on any atom is 0.287 e. The fourth-order valence-corrected chi connectivity index (χ4v) is 3.79. The molecule has 176 valence electrons. The molecule has 2 heterocycles. The van der Waals surface area contributed by atoms with Crippen LogP contribution in [0.3, 0.4) is 0 Å². The molecule has 2 amide bonds. The Labute approximate surface area is 208 Å². The summed E-state index contributed by atoms with van der Waals surface area (Å²) in [6.45, 7) is 0.277. The lowest BCUT2D eigenvalue weighted by atomic mass is 10.1. The zero-order valence-corrected chi connectivity index (χ0v) is 19.7. The second-order valence-electron chi connectivity index (χ2n) is 7.42. The molecular weight excluding hydrogens is 518 g/mol. The molecule has 0 radical (unpaired) electrons. The molecule has 0 fully saturated rings. The van der Waals surface area contributed by atoms with Gasteiger partial charge in [0.1, 0.15) is 5.70 Å². The summed E-state index contributed by atoms with van der Waals surface area (Å²) in [4.78, 5) is 25.7. The molecule has 0 atom stereocenters. The van der Waals surface area contributed by atoms with E-state index in [2.05, 4.69) is 31.8 Å². The second-order valence-corrected chi connectivity index (χ2v) is 8.27. The first kappa shape index (κ1) is 22.5. The van der Waals surface area contributed by atoms with Crippen molar-refractivity contribution in [2.75, 3.05) is 13.6 Å². The number of fused-ring (bicyclic) bond motifs is 2. The van der Waals surface area contributed by atoms with Crippen molar-refractivity contribution in [3.8, 4) is 23.0 Å². The van der Waals surface area contributed by atoms with E-state index in [4.69, 9.17) is 18.9 Å². The molecule has 10 heteroatoms. The van der Waals surface area contributed by atoms with Gasteiger partial charge >= 0.3 is 0 Å². The van der Waals surface area contributed by atoms with E-state index in [1.807, 2.05) is 0 Å². The van der Waals surface area contributed by atoms with Crippen LogP contribution in [0, 0.1) is 0 Å². The molecule has 2 aliphatic rings. The number of amides is 2. The van der Waals surface area contributed by atoms with Crippen LogP contribution in [-0.2, 0) is 4.79 Å². The number of hydrogen-bond acceptors (Lipinski definition) is 7. The highest BCUT2D eigenvalue weighted by Crippen LogP contribution is 2.36. The molecular formula is C25H18BrN3O6. The van der Waals surface area contributed by atoms with Crippen LogP contribution < -0.4 is 29.7 Å². The number of ether oxygens (including phenoxy) is 4. The predicted molar refractivity (Wildman–Crippen MR) is 130 cm³/mol. The van der Waals surface area contributed by atoms with Crippen molar-refractivity contribution in [2.45, 2.75) is 0 Å². The van der Waals surface area contributed by atoms with E-state index in [9.17, 15) is 9.59 Å². The van der Waals surface area contributed by atoms with Crippen LogP contribution in [0.15, 0.2) is 75.9 Å². The molecule has 0 spiro atoms. The predicted octanol–water partition coefficient (Wildman–Crippen LogP) is 3.83. The van der Waals surface area contributed by atoms with Gasteiger partial charge in [-0.05, 0) is 64.0 Å². The minimum atomic E-state index is -0.611. The number of hydrogen-bond donors (Lipinski definition) is 2. The molecule has 35 heavy (non-hydrogen) atoms. The van der Waals surface area contributed by atoms with Crippen LogP contribution in [0.4, 0.5) is 0 Å². The summed E-state index contributed by atoms with van der Waals surface area (Å²) in [6.07, 6.45) is 2.99. The molecule has 5 rings (SSSR count). The topological polar surface area (TPSA) is 107 Å². The highest BCUT2D eigenvalue weighted by molar-refractivity contribution is 9.10. The standard InChI is InChI=1S/C25H18BrN3O6/c26-18-11-23-22(34-14-35-23)10-17(18)12-27-29-25(31)19(28-24(30)16-4-2-1-3-5-16)8-15-6-7-20-21(9-15)33-13-32-20/h1-12H,13-14H2,(H,28,30)(H,29,31)/b19-8+,27-12-. The molecule has 0 aliphatic carbocycles. The summed E-state index contributed by atoms with van der Waals surface area (Å²) in [5.74, 6) is 1.32. The van der Waals surface area contributed by atoms with Crippen molar-refractivity contribution in [3.63, 3.8) is 0 Å². The Hall–Kier alpha value is -4.31. The molecule has 3 aromatic rings. The van der Waals surface area contributed by atoms with Gasteiger partial charge in [0.05, 0.1) is 6.21 Å².